The molecule has 0 aliphatic carbocycles. The van der Waals surface area contributed by atoms with Gasteiger partial charge in [0, 0.05) is 25.3 Å². The van der Waals surface area contributed by atoms with E-state index in [0.29, 0.717) is 5.75 Å². The van der Waals surface area contributed by atoms with Gasteiger partial charge in [-0.3, -0.25) is 9.36 Å². The monoisotopic (exact) mass is 419 g/mol. The summed E-state index contributed by atoms with van der Waals surface area (Å²) in [5.74, 6) is 1.34. The molecule has 2 aliphatic rings. The highest BCUT2D eigenvalue weighted by molar-refractivity contribution is 7.99. The minimum atomic E-state index is 0.117. The van der Waals surface area contributed by atoms with Crippen LogP contribution in [0.2, 0.25) is 0 Å². The Kier molecular flexibility index (Phi) is 5.21. The molecule has 0 saturated carbocycles. The van der Waals surface area contributed by atoms with Crippen molar-refractivity contribution >= 4 is 29.3 Å². The Labute approximate surface area is 180 Å². The Bertz CT molecular complexity index is 1060. The van der Waals surface area contributed by atoms with E-state index in [9.17, 15) is 4.79 Å². The Hall–Kier alpha value is -2.80. The molecule has 0 unspecified atom stereocenters. The number of aromatic nitrogens is 3. The lowest BCUT2D eigenvalue weighted by Gasteiger charge is -2.19. The van der Waals surface area contributed by atoms with Gasteiger partial charge in [0.15, 0.2) is 5.16 Å². The molecule has 2 aromatic carbocycles. The molecule has 7 heteroatoms. The Balaban J connectivity index is 1.39. The highest BCUT2D eigenvalue weighted by Gasteiger charge is 2.26. The quantitative estimate of drug-likeness (QED) is 0.588. The molecule has 154 valence electrons. The highest BCUT2D eigenvalue weighted by atomic mass is 32.2. The first-order valence-corrected chi connectivity index (χ1v) is 11.5. The summed E-state index contributed by atoms with van der Waals surface area (Å²) in [6.45, 7) is 4.83. The third-order valence-corrected chi connectivity index (χ3v) is 6.72. The van der Waals surface area contributed by atoms with Crippen LogP contribution in [-0.2, 0) is 11.2 Å². The molecule has 0 N–H and O–H groups in total. The van der Waals surface area contributed by atoms with Crippen molar-refractivity contribution in [2.45, 2.75) is 31.3 Å². The van der Waals surface area contributed by atoms with E-state index in [1.54, 1.807) is 0 Å². The second-order valence-electron chi connectivity index (χ2n) is 7.86. The number of carbonyl (C=O) groups excluding carboxylic acids is 1. The Morgan fingerprint density at radius 3 is 2.57 bits per heavy atom. The molecule has 1 amide bonds. The van der Waals surface area contributed by atoms with Crippen molar-refractivity contribution in [3.05, 3.63) is 59.7 Å². The van der Waals surface area contributed by atoms with Crippen LogP contribution in [-0.4, -0.2) is 46.1 Å². The van der Waals surface area contributed by atoms with Gasteiger partial charge < -0.3 is 9.80 Å². The van der Waals surface area contributed by atoms with Crippen molar-refractivity contribution in [3.8, 4) is 5.69 Å². The zero-order chi connectivity index (χ0) is 20.5. The van der Waals surface area contributed by atoms with E-state index < -0.39 is 0 Å². The molecule has 6 nitrogen and oxygen atoms in total. The number of hydrogen-bond acceptors (Lipinski definition) is 5. The summed E-state index contributed by atoms with van der Waals surface area (Å²) in [6, 6.07) is 16.6. The minimum Gasteiger partial charge on any atom is -0.341 e. The molecule has 2 aliphatic heterocycles. The van der Waals surface area contributed by atoms with Crippen molar-refractivity contribution in [3.63, 3.8) is 0 Å². The highest BCUT2D eigenvalue weighted by Crippen LogP contribution is 2.31. The number of rotatable bonds is 5. The van der Waals surface area contributed by atoms with Gasteiger partial charge in [-0.25, -0.2) is 0 Å². The van der Waals surface area contributed by atoms with Gasteiger partial charge in [-0.2, -0.15) is 0 Å². The van der Waals surface area contributed by atoms with Gasteiger partial charge >= 0.3 is 0 Å². The van der Waals surface area contributed by atoms with Crippen LogP contribution in [0.4, 0.5) is 11.6 Å². The predicted octanol–water partition coefficient (Wildman–Crippen LogP) is 3.86. The van der Waals surface area contributed by atoms with Crippen molar-refractivity contribution in [1.82, 2.24) is 14.8 Å². The topological polar surface area (TPSA) is 54.3 Å². The van der Waals surface area contributed by atoms with E-state index >= 15 is 0 Å². The average Bonchev–Trinajstić information content (AvgIpc) is 3.51. The summed E-state index contributed by atoms with van der Waals surface area (Å²) in [4.78, 5) is 17.2. The lowest BCUT2D eigenvalue weighted by Crippen LogP contribution is -2.30. The van der Waals surface area contributed by atoms with Crippen LogP contribution < -0.4 is 9.80 Å². The molecular formula is C23H25N5OS. The molecule has 0 bridgehead atoms. The SMILES string of the molecule is Cc1ccc(-n2c(SCC(=O)N3CCc4ccccc43)nnc2N2CCCC2)cc1. The molecule has 30 heavy (non-hydrogen) atoms. The number of aryl methyl sites for hydroxylation is 1. The van der Waals surface area contributed by atoms with Crippen LogP contribution in [0, 0.1) is 6.92 Å². The molecule has 0 spiro atoms. The number of hydrogen-bond donors (Lipinski definition) is 0. The van der Waals surface area contributed by atoms with Crippen LogP contribution in [0.3, 0.4) is 0 Å². The molecular weight excluding hydrogens is 394 g/mol. The van der Waals surface area contributed by atoms with Gasteiger partial charge in [0.25, 0.3) is 0 Å². The van der Waals surface area contributed by atoms with E-state index in [1.807, 2.05) is 23.1 Å². The fourth-order valence-electron chi connectivity index (χ4n) is 4.20. The van der Waals surface area contributed by atoms with Gasteiger partial charge in [0.2, 0.25) is 11.9 Å². The van der Waals surface area contributed by atoms with Crippen LogP contribution in [0.1, 0.15) is 24.0 Å². The first-order chi connectivity index (χ1) is 14.7. The van der Waals surface area contributed by atoms with E-state index in [1.165, 1.54) is 35.7 Å². The number of nitrogens with zero attached hydrogens (tertiary/aromatic N) is 5. The van der Waals surface area contributed by atoms with Gasteiger partial charge in [-0.15, -0.1) is 10.2 Å². The Morgan fingerprint density at radius 1 is 1.00 bits per heavy atom. The zero-order valence-corrected chi connectivity index (χ0v) is 17.9. The van der Waals surface area contributed by atoms with Crippen LogP contribution >= 0.6 is 11.8 Å². The van der Waals surface area contributed by atoms with E-state index in [4.69, 9.17) is 0 Å². The molecule has 0 radical (unpaired) electrons. The lowest BCUT2D eigenvalue weighted by atomic mass is 10.2. The predicted molar refractivity (Wildman–Crippen MR) is 121 cm³/mol. The van der Waals surface area contributed by atoms with Crippen molar-refractivity contribution in [1.29, 1.82) is 0 Å². The molecule has 5 rings (SSSR count). The van der Waals surface area contributed by atoms with E-state index in [0.717, 1.165) is 48.5 Å². The second kappa shape index (κ2) is 8.14. The molecule has 1 saturated heterocycles. The summed E-state index contributed by atoms with van der Waals surface area (Å²) in [5.41, 5.74) is 4.54. The van der Waals surface area contributed by atoms with Gasteiger partial charge in [0.05, 0.1) is 11.4 Å². The van der Waals surface area contributed by atoms with Crippen molar-refractivity contribution in [2.24, 2.45) is 0 Å². The van der Waals surface area contributed by atoms with Crippen molar-refractivity contribution in [2.75, 3.05) is 35.2 Å². The number of para-hydroxylation sites is 1. The summed E-state index contributed by atoms with van der Waals surface area (Å²) in [5, 5.41) is 9.73. The average molecular weight is 420 g/mol. The summed E-state index contributed by atoms with van der Waals surface area (Å²) in [7, 11) is 0. The normalized spacial score (nSPS) is 15.6. The van der Waals surface area contributed by atoms with Crippen LogP contribution in [0.25, 0.3) is 5.69 Å². The number of thioether (sulfide) groups is 1. The molecule has 3 heterocycles. The number of amides is 1. The summed E-state index contributed by atoms with van der Waals surface area (Å²) in [6.07, 6.45) is 3.28. The maximum atomic E-state index is 13.0. The van der Waals surface area contributed by atoms with E-state index in [2.05, 4.69) is 56.9 Å². The number of carbonyl (C=O) groups is 1. The second-order valence-corrected chi connectivity index (χ2v) is 8.80. The zero-order valence-electron chi connectivity index (χ0n) is 17.1. The lowest BCUT2D eigenvalue weighted by molar-refractivity contribution is -0.116. The molecule has 3 aromatic rings. The molecule has 1 fully saturated rings. The van der Waals surface area contributed by atoms with Gasteiger partial charge in [-0.05, 0) is 49.9 Å². The van der Waals surface area contributed by atoms with E-state index in [-0.39, 0.29) is 5.91 Å². The first-order valence-electron chi connectivity index (χ1n) is 10.5. The van der Waals surface area contributed by atoms with Crippen LogP contribution in [0.5, 0.6) is 0 Å². The number of benzene rings is 2. The third kappa shape index (κ3) is 3.58. The van der Waals surface area contributed by atoms with Gasteiger partial charge in [-0.1, -0.05) is 47.7 Å². The smallest absolute Gasteiger partial charge is 0.237 e. The Morgan fingerprint density at radius 2 is 1.77 bits per heavy atom. The number of fused-ring (bicyclic) bond motifs is 1. The summed E-state index contributed by atoms with van der Waals surface area (Å²) >= 11 is 1.47. The standard InChI is InChI=1S/C23H25N5OS/c1-17-8-10-19(11-9-17)28-22(26-13-4-5-14-26)24-25-23(28)30-16-21(29)27-15-12-18-6-2-3-7-20(18)27/h2-3,6-11H,4-5,12-16H2,1H3. The summed E-state index contributed by atoms with van der Waals surface area (Å²) < 4.78 is 2.10. The first kappa shape index (κ1) is 19.2. The third-order valence-electron chi connectivity index (χ3n) is 5.81. The molecule has 0 atom stereocenters. The largest absolute Gasteiger partial charge is 0.341 e. The maximum Gasteiger partial charge on any atom is 0.237 e. The molecule has 1 aromatic heterocycles. The fourth-order valence-corrected chi connectivity index (χ4v) is 5.02. The van der Waals surface area contributed by atoms with Gasteiger partial charge in [0.1, 0.15) is 0 Å². The minimum absolute atomic E-state index is 0.117. The maximum absolute atomic E-state index is 13.0. The van der Waals surface area contributed by atoms with Crippen molar-refractivity contribution < 1.29 is 4.79 Å². The number of anilines is 2. The van der Waals surface area contributed by atoms with Crippen LogP contribution in [0.15, 0.2) is 53.7 Å². The fraction of sp³-hybridized carbons (Fsp3) is 0.348.